The lowest BCUT2D eigenvalue weighted by atomic mass is 9.77. The van der Waals surface area contributed by atoms with Gasteiger partial charge in [0, 0.05) is 0 Å². The van der Waals surface area contributed by atoms with Crippen LogP contribution in [0.5, 0.6) is 5.75 Å². The molecule has 0 bridgehead atoms. The van der Waals surface area contributed by atoms with Gasteiger partial charge >= 0.3 is 13.2 Å². The van der Waals surface area contributed by atoms with Crippen LogP contribution in [0.1, 0.15) is 26.3 Å². The number of hydrogen-bond donors (Lipinski definition) is 2. The van der Waals surface area contributed by atoms with Crippen LogP contribution in [0.4, 0.5) is 10.5 Å². The van der Waals surface area contributed by atoms with E-state index in [0.29, 0.717) is 17.9 Å². The molecule has 2 N–H and O–H groups in total. The third kappa shape index (κ3) is 3.30. The fraction of sp³-hybridized carbons (Fsp3) is 0.500. The van der Waals surface area contributed by atoms with Crippen LogP contribution in [-0.4, -0.2) is 41.9 Å². The first-order chi connectivity index (χ1) is 9.73. The molecular weight excluding hydrogens is 273 g/mol. The summed E-state index contributed by atoms with van der Waals surface area (Å²) in [5.41, 5.74) is 0.776. The predicted octanol–water partition coefficient (Wildman–Crippen LogP) is 1.37. The molecule has 0 saturated heterocycles. The number of ether oxygens (including phenoxy) is 2. The van der Waals surface area contributed by atoms with E-state index in [9.17, 15) is 14.8 Å². The van der Waals surface area contributed by atoms with Gasteiger partial charge in [0.1, 0.15) is 11.4 Å². The van der Waals surface area contributed by atoms with Crippen molar-refractivity contribution >= 4 is 18.9 Å². The maximum absolute atomic E-state index is 12.3. The number of carbonyl (C=O) groups excluding carboxylic acids is 1. The van der Waals surface area contributed by atoms with Gasteiger partial charge in [-0.2, -0.15) is 0 Å². The zero-order valence-electron chi connectivity index (χ0n) is 12.7. The molecule has 1 unspecified atom stereocenters. The molecule has 0 aromatic heterocycles. The molecule has 21 heavy (non-hydrogen) atoms. The second-order valence-electron chi connectivity index (χ2n) is 6.03. The van der Waals surface area contributed by atoms with Crippen LogP contribution in [0.3, 0.4) is 0 Å². The normalized spacial score (nSPS) is 17.4. The van der Waals surface area contributed by atoms with E-state index in [-0.39, 0.29) is 0 Å². The molecule has 1 heterocycles. The van der Waals surface area contributed by atoms with Crippen molar-refractivity contribution in [3.05, 3.63) is 23.8 Å². The van der Waals surface area contributed by atoms with Crippen molar-refractivity contribution in [2.24, 2.45) is 0 Å². The van der Waals surface area contributed by atoms with Gasteiger partial charge in [-0.1, -0.05) is 0 Å². The Bertz CT molecular complexity index is 541. The van der Waals surface area contributed by atoms with Gasteiger partial charge in [0.05, 0.1) is 18.7 Å². The second-order valence-corrected chi connectivity index (χ2v) is 6.03. The maximum atomic E-state index is 12.3. The Morgan fingerprint density at radius 2 is 2.05 bits per heavy atom. The zero-order chi connectivity index (χ0) is 15.8. The topological polar surface area (TPSA) is 79.2 Å². The largest absolute Gasteiger partial charge is 0.497 e. The lowest BCUT2D eigenvalue weighted by Gasteiger charge is -2.28. The summed E-state index contributed by atoms with van der Waals surface area (Å²) < 4.78 is 10.5. The monoisotopic (exact) mass is 293 g/mol. The van der Waals surface area contributed by atoms with Crippen LogP contribution in [-0.2, 0) is 11.2 Å². The second kappa shape index (κ2) is 5.58. The van der Waals surface area contributed by atoms with Crippen molar-refractivity contribution in [1.82, 2.24) is 0 Å². The van der Waals surface area contributed by atoms with Gasteiger partial charge in [-0.15, -0.1) is 0 Å². The quantitative estimate of drug-likeness (QED) is 0.805. The number of rotatable bonds is 2. The Labute approximate surface area is 124 Å². The van der Waals surface area contributed by atoms with E-state index in [4.69, 9.17) is 9.47 Å². The smallest absolute Gasteiger partial charge is 0.476 e. The number of amides is 1. The molecule has 1 atom stereocenters. The van der Waals surface area contributed by atoms with E-state index in [2.05, 4.69) is 0 Å². The van der Waals surface area contributed by atoms with Crippen molar-refractivity contribution in [2.75, 3.05) is 12.0 Å². The van der Waals surface area contributed by atoms with Crippen LogP contribution in [0, 0.1) is 0 Å². The Hall–Kier alpha value is -1.73. The molecule has 1 aliphatic rings. The summed E-state index contributed by atoms with van der Waals surface area (Å²) in [6.45, 7) is 5.29. The summed E-state index contributed by atoms with van der Waals surface area (Å²) >= 11 is 0. The third-order valence-corrected chi connectivity index (χ3v) is 3.24. The highest BCUT2D eigenvalue weighted by Crippen LogP contribution is 2.36. The SMILES string of the molecule is COc1ccc2c(c1)CC(B(O)O)N2C(=O)OC(C)(C)C. The first-order valence-corrected chi connectivity index (χ1v) is 6.78. The molecule has 7 heteroatoms. The van der Waals surface area contributed by atoms with E-state index in [1.54, 1.807) is 46.1 Å². The Balaban J connectivity index is 2.35. The number of carbonyl (C=O) groups is 1. The van der Waals surface area contributed by atoms with Crippen LogP contribution in [0.25, 0.3) is 0 Å². The molecule has 2 rings (SSSR count). The first-order valence-electron chi connectivity index (χ1n) is 6.78. The number of benzene rings is 1. The molecule has 0 fully saturated rings. The van der Waals surface area contributed by atoms with Crippen LogP contribution >= 0.6 is 0 Å². The average Bonchev–Trinajstić information content (AvgIpc) is 2.74. The number of nitrogens with zero attached hydrogens (tertiary/aromatic N) is 1. The fourth-order valence-electron chi connectivity index (χ4n) is 2.37. The molecular formula is C14H20BNO5. The van der Waals surface area contributed by atoms with Gasteiger partial charge in [-0.3, -0.25) is 4.90 Å². The molecule has 114 valence electrons. The van der Waals surface area contributed by atoms with E-state index in [0.717, 1.165) is 5.56 Å². The van der Waals surface area contributed by atoms with Gasteiger partial charge < -0.3 is 19.5 Å². The van der Waals surface area contributed by atoms with E-state index < -0.39 is 24.8 Å². The molecule has 0 radical (unpaired) electrons. The van der Waals surface area contributed by atoms with Gasteiger partial charge in [0.15, 0.2) is 0 Å². The molecule has 0 saturated carbocycles. The molecule has 1 aliphatic heterocycles. The highest BCUT2D eigenvalue weighted by atomic mass is 16.6. The van der Waals surface area contributed by atoms with Crippen molar-refractivity contribution < 1.29 is 24.3 Å². The predicted molar refractivity (Wildman–Crippen MR) is 79.4 cm³/mol. The summed E-state index contributed by atoms with van der Waals surface area (Å²) in [4.78, 5) is 13.6. The van der Waals surface area contributed by atoms with Crippen molar-refractivity contribution in [3.63, 3.8) is 0 Å². The van der Waals surface area contributed by atoms with Gasteiger partial charge in [0.2, 0.25) is 0 Å². The summed E-state index contributed by atoms with van der Waals surface area (Å²) in [5, 5.41) is 19.1. The van der Waals surface area contributed by atoms with Crippen LogP contribution in [0.2, 0.25) is 0 Å². The van der Waals surface area contributed by atoms with Crippen LogP contribution < -0.4 is 9.64 Å². The average molecular weight is 293 g/mol. The van der Waals surface area contributed by atoms with Crippen LogP contribution in [0.15, 0.2) is 18.2 Å². The first kappa shape index (κ1) is 15.7. The minimum absolute atomic E-state index is 0.337. The summed E-state index contributed by atoms with van der Waals surface area (Å²) in [7, 11) is -0.0864. The highest BCUT2D eigenvalue weighted by molar-refractivity contribution is 6.45. The van der Waals surface area contributed by atoms with Gasteiger partial charge in [-0.25, -0.2) is 4.79 Å². The number of methoxy groups -OCH3 is 1. The summed E-state index contributed by atoms with van der Waals surface area (Å²) in [6.07, 6.45) is -0.256. The molecule has 1 aromatic rings. The van der Waals surface area contributed by atoms with E-state index >= 15 is 0 Å². The van der Waals surface area contributed by atoms with Gasteiger partial charge in [-0.05, 0) is 51.0 Å². The number of anilines is 1. The molecule has 1 amide bonds. The standard InChI is InChI=1S/C14H20BNO5/c1-14(2,3)21-13(17)16-11-6-5-10(20-4)7-9(11)8-12(16)15(18)19/h5-7,12,18-19H,8H2,1-4H3. The van der Waals surface area contributed by atoms with E-state index in [1.165, 1.54) is 4.90 Å². The highest BCUT2D eigenvalue weighted by Gasteiger charge is 2.42. The molecule has 0 spiro atoms. The molecule has 1 aromatic carbocycles. The minimum Gasteiger partial charge on any atom is -0.497 e. The lowest BCUT2D eigenvalue weighted by Crippen LogP contribution is -2.49. The molecule has 6 nitrogen and oxygen atoms in total. The van der Waals surface area contributed by atoms with Crippen molar-refractivity contribution in [1.29, 1.82) is 0 Å². The Kier molecular flexibility index (Phi) is 4.16. The lowest BCUT2D eigenvalue weighted by molar-refractivity contribution is 0.0574. The van der Waals surface area contributed by atoms with Crippen molar-refractivity contribution in [3.8, 4) is 5.75 Å². The fourth-order valence-corrected chi connectivity index (χ4v) is 2.37. The number of hydrogen-bond acceptors (Lipinski definition) is 5. The van der Waals surface area contributed by atoms with Gasteiger partial charge in [0.25, 0.3) is 0 Å². The maximum Gasteiger partial charge on any atom is 0.476 e. The Morgan fingerprint density at radius 1 is 1.38 bits per heavy atom. The minimum atomic E-state index is -1.64. The summed E-state index contributed by atoms with van der Waals surface area (Å²) in [5.74, 6) is -0.104. The Morgan fingerprint density at radius 3 is 2.57 bits per heavy atom. The summed E-state index contributed by atoms with van der Waals surface area (Å²) in [6, 6.07) is 5.23. The number of fused-ring (bicyclic) bond motifs is 1. The molecule has 0 aliphatic carbocycles. The van der Waals surface area contributed by atoms with E-state index in [1.807, 2.05) is 0 Å². The van der Waals surface area contributed by atoms with Crippen molar-refractivity contribution in [2.45, 2.75) is 38.7 Å². The third-order valence-electron chi connectivity index (χ3n) is 3.24. The zero-order valence-corrected chi connectivity index (χ0v) is 12.7.